The number of hydrogen-bond acceptors (Lipinski definition) is 8. The summed E-state index contributed by atoms with van der Waals surface area (Å²) in [5.74, 6) is -0.810. The van der Waals surface area contributed by atoms with E-state index in [4.69, 9.17) is 33.2 Å². The molecule has 1 N–H and O–H groups in total. The first-order valence-corrected chi connectivity index (χ1v) is 14.3. The minimum Gasteiger partial charge on any atom is -0.497 e. The molecule has 220 valence electrons. The highest BCUT2D eigenvalue weighted by molar-refractivity contribution is 5.27. The lowest BCUT2D eigenvalue weighted by Gasteiger charge is -2.52. The first kappa shape index (κ1) is 29.5. The summed E-state index contributed by atoms with van der Waals surface area (Å²) in [6, 6.07) is 7.83. The second-order valence-corrected chi connectivity index (χ2v) is 12.0. The molecule has 4 aliphatic heterocycles. The highest BCUT2D eigenvalue weighted by Crippen LogP contribution is 2.48. The second-order valence-electron chi connectivity index (χ2n) is 12.0. The van der Waals surface area contributed by atoms with Gasteiger partial charge in [0.15, 0.2) is 11.6 Å². The maximum absolute atomic E-state index is 11.2. The Morgan fingerprint density at radius 1 is 1.05 bits per heavy atom. The van der Waals surface area contributed by atoms with Gasteiger partial charge in [0, 0.05) is 6.42 Å². The van der Waals surface area contributed by atoms with Crippen LogP contribution in [0.25, 0.3) is 0 Å². The number of methoxy groups -OCH3 is 1. The summed E-state index contributed by atoms with van der Waals surface area (Å²) < 4.78 is 43.1. The van der Waals surface area contributed by atoms with E-state index < -0.39 is 36.0 Å². The average Bonchev–Trinajstić information content (AvgIpc) is 3.28. The number of benzene rings is 1. The van der Waals surface area contributed by atoms with Crippen molar-refractivity contribution < 1.29 is 38.3 Å². The lowest BCUT2D eigenvalue weighted by atomic mass is 9.78. The van der Waals surface area contributed by atoms with Gasteiger partial charge in [0.05, 0.1) is 39.1 Å². The van der Waals surface area contributed by atoms with Crippen LogP contribution in [0.2, 0.25) is 0 Å². The fraction of sp³-hybridized carbons (Fsp3) is 0.625. The highest BCUT2D eigenvalue weighted by atomic mass is 16.8. The van der Waals surface area contributed by atoms with Crippen molar-refractivity contribution in [1.29, 1.82) is 0 Å². The highest BCUT2D eigenvalue weighted by Gasteiger charge is 2.53. The molecule has 4 heterocycles. The second kappa shape index (κ2) is 11.7. The summed E-state index contributed by atoms with van der Waals surface area (Å²) in [5, 5.41) is 11.2. The zero-order valence-electron chi connectivity index (χ0n) is 24.2. The molecule has 0 aliphatic carbocycles. The van der Waals surface area contributed by atoms with Crippen LogP contribution < -0.4 is 4.74 Å². The van der Waals surface area contributed by atoms with Gasteiger partial charge in [0.25, 0.3) is 0 Å². The van der Waals surface area contributed by atoms with Gasteiger partial charge in [-0.05, 0) is 73.4 Å². The van der Waals surface area contributed by atoms with Gasteiger partial charge in [-0.15, -0.1) is 0 Å². The molecule has 4 saturated heterocycles. The van der Waals surface area contributed by atoms with Crippen molar-refractivity contribution in [1.82, 2.24) is 0 Å². The van der Waals surface area contributed by atoms with E-state index in [0.717, 1.165) is 40.9 Å². The quantitative estimate of drug-likeness (QED) is 0.477. The zero-order valence-corrected chi connectivity index (χ0v) is 24.2. The Kier molecular flexibility index (Phi) is 8.60. The van der Waals surface area contributed by atoms with Gasteiger partial charge >= 0.3 is 0 Å². The Morgan fingerprint density at radius 2 is 1.80 bits per heavy atom. The molecular formula is C32H44O8. The van der Waals surface area contributed by atoms with E-state index in [9.17, 15) is 5.11 Å². The van der Waals surface area contributed by atoms with E-state index in [2.05, 4.69) is 26.7 Å². The van der Waals surface area contributed by atoms with Gasteiger partial charge in [0.2, 0.25) is 0 Å². The predicted molar refractivity (Wildman–Crippen MR) is 150 cm³/mol. The fourth-order valence-corrected chi connectivity index (χ4v) is 6.16. The summed E-state index contributed by atoms with van der Waals surface area (Å²) in [7, 11) is 1.65. The molecule has 8 nitrogen and oxygen atoms in total. The number of rotatable bonds is 7. The Bertz CT molecular complexity index is 1100. The van der Waals surface area contributed by atoms with Gasteiger partial charge in [-0.1, -0.05) is 38.8 Å². The molecule has 8 atom stereocenters. The minimum atomic E-state index is -1.00. The smallest absolute Gasteiger partial charge is 0.192 e. The number of aliphatic hydroxyl groups is 1. The van der Waals surface area contributed by atoms with E-state index in [1.807, 2.05) is 38.1 Å². The third kappa shape index (κ3) is 6.09. The molecule has 5 rings (SSSR count). The molecule has 1 spiro atoms. The van der Waals surface area contributed by atoms with Crippen molar-refractivity contribution in [3.05, 3.63) is 66.3 Å². The average molecular weight is 557 g/mol. The van der Waals surface area contributed by atoms with Gasteiger partial charge in [-0.2, -0.15) is 0 Å². The molecule has 0 unspecified atom stereocenters. The molecule has 4 aliphatic rings. The Morgan fingerprint density at radius 3 is 2.48 bits per heavy atom. The summed E-state index contributed by atoms with van der Waals surface area (Å²) >= 11 is 0. The van der Waals surface area contributed by atoms with Crippen molar-refractivity contribution in [2.24, 2.45) is 5.92 Å². The van der Waals surface area contributed by atoms with Gasteiger partial charge in [0.1, 0.15) is 30.2 Å². The third-order valence-electron chi connectivity index (χ3n) is 8.51. The van der Waals surface area contributed by atoms with Crippen molar-refractivity contribution in [2.75, 3.05) is 20.3 Å². The number of aliphatic hydroxyl groups excluding tert-OH is 1. The fourth-order valence-electron chi connectivity index (χ4n) is 6.16. The van der Waals surface area contributed by atoms with Crippen LogP contribution in [0.15, 0.2) is 60.7 Å². The van der Waals surface area contributed by atoms with Crippen molar-refractivity contribution in [2.45, 2.75) is 101 Å². The monoisotopic (exact) mass is 556 g/mol. The minimum absolute atomic E-state index is 0.0684. The van der Waals surface area contributed by atoms with Crippen LogP contribution >= 0.6 is 0 Å². The Hall–Kier alpha value is -2.04. The molecular weight excluding hydrogens is 512 g/mol. The van der Waals surface area contributed by atoms with Gasteiger partial charge in [-0.3, -0.25) is 0 Å². The summed E-state index contributed by atoms with van der Waals surface area (Å²) in [6.45, 7) is 20.1. The topological polar surface area (TPSA) is 84.8 Å². The molecule has 1 aromatic rings. The van der Waals surface area contributed by atoms with Crippen LogP contribution in [0.1, 0.15) is 52.0 Å². The maximum Gasteiger partial charge on any atom is 0.192 e. The van der Waals surface area contributed by atoms with Crippen LogP contribution in [0.3, 0.4) is 0 Å². The first-order valence-electron chi connectivity index (χ1n) is 14.3. The molecule has 40 heavy (non-hydrogen) atoms. The molecule has 0 amide bonds. The van der Waals surface area contributed by atoms with E-state index in [0.29, 0.717) is 32.7 Å². The summed E-state index contributed by atoms with van der Waals surface area (Å²) in [6.07, 6.45) is -0.384. The van der Waals surface area contributed by atoms with Gasteiger partial charge < -0.3 is 38.3 Å². The van der Waals surface area contributed by atoms with Crippen LogP contribution in [0, 0.1) is 5.92 Å². The summed E-state index contributed by atoms with van der Waals surface area (Å²) in [5.41, 5.74) is 3.61. The molecule has 8 heteroatoms. The van der Waals surface area contributed by atoms with Crippen LogP contribution in [-0.2, 0) is 35.0 Å². The Labute approximate surface area is 237 Å². The first-order chi connectivity index (χ1) is 19.0. The van der Waals surface area contributed by atoms with Crippen molar-refractivity contribution in [3.8, 4) is 5.75 Å². The van der Waals surface area contributed by atoms with Crippen LogP contribution in [0.5, 0.6) is 5.75 Å². The Balaban J connectivity index is 1.27. The molecule has 0 radical (unpaired) electrons. The lowest BCUT2D eigenvalue weighted by molar-refractivity contribution is -0.309. The SMILES string of the molecule is C=C1[C@H](C)C[C@]2(O[C@@H](COCc3ccc(OC)cc3)CCC2=C)O[C@H]1[C@H]1O[C@H]([C@@H]2COC(C)(C)O2)C(=C)C[C@@H]1O. The van der Waals surface area contributed by atoms with E-state index in [1.165, 1.54) is 0 Å². The molecule has 0 bridgehead atoms. The van der Waals surface area contributed by atoms with Crippen LogP contribution in [0.4, 0.5) is 0 Å². The van der Waals surface area contributed by atoms with Crippen molar-refractivity contribution >= 4 is 0 Å². The van der Waals surface area contributed by atoms with E-state index in [1.54, 1.807) is 7.11 Å². The summed E-state index contributed by atoms with van der Waals surface area (Å²) in [4.78, 5) is 0. The zero-order chi connectivity index (χ0) is 28.7. The van der Waals surface area contributed by atoms with E-state index in [-0.39, 0.29) is 18.1 Å². The largest absolute Gasteiger partial charge is 0.497 e. The number of ether oxygens (including phenoxy) is 7. The molecule has 0 saturated carbocycles. The maximum atomic E-state index is 11.2. The normalized spacial score (nSPS) is 38.1. The third-order valence-corrected chi connectivity index (χ3v) is 8.51. The number of hydrogen-bond donors (Lipinski definition) is 1. The van der Waals surface area contributed by atoms with Crippen LogP contribution in [-0.4, -0.2) is 73.6 Å². The molecule has 4 fully saturated rings. The molecule has 1 aromatic carbocycles. The van der Waals surface area contributed by atoms with Gasteiger partial charge in [-0.25, -0.2) is 0 Å². The standard InChI is InChI=1S/C32H44O8/c1-19-14-26(33)30(37-28(19)27-18-36-31(5,6)39-27)29-22(4)20(2)15-32(40-29)21(3)8-11-25(38-32)17-35-16-23-9-12-24(34-7)13-10-23/h9-10,12-13,20,25-30,33H,1,3-4,8,11,14-18H2,2,5-7H3/t20-,25-,26+,27+,28+,29-,30+,32+/m1/s1. The van der Waals surface area contributed by atoms with E-state index >= 15 is 0 Å². The predicted octanol–water partition coefficient (Wildman–Crippen LogP) is 4.85. The van der Waals surface area contributed by atoms with Crippen molar-refractivity contribution in [3.63, 3.8) is 0 Å². The lowest BCUT2D eigenvalue weighted by Crippen LogP contribution is -2.59. The molecule has 0 aromatic heterocycles.